The summed E-state index contributed by atoms with van der Waals surface area (Å²) in [6, 6.07) is 20.7. The van der Waals surface area contributed by atoms with Gasteiger partial charge in [-0.2, -0.15) is 0 Å². The summed E-state index contributed by atoms with van der Waals surface area (Å²) in [6.07, 6.45) is -1.04. The number of fused-ring (bicyclic) bond motifs is 1. The summed E-state index contributed by atoms with van der Waals surface area (Å²) < 4.78 is 10.0. The quantitative estimate of drug-likeness (QED) is 0.471. The van der Waals surface area contributed by atoms with E-state index < -0.39 is 12.1 Å². The van der Waals surface area contributed by atoms with Gasteiger partial charge >= 0.3 is 5.97 Å². The van der Waals surface area contributed by atoms with Crippen molar-refractivity contribution in [3.8, 4) is 11.3 Å². The molecule has 0 amide bonds. The normalized spacial score (nSPS) is 12.1. The second-order valence-electron chi connectivity index (χ2n) is 6.93. The molecule has 0 aliphatic rings. The van der Waals surface area contributed by atoms with Crippen LogP contribution < -0.4 is 0 Å². The first-order chi connectivity index (χ1) is 14.6. The third-order valence-corrected chi connectivity index (χ3v) is 5.00. The molecule has 0 saturated carbocycles. The zero-order chi connectivity index (χ0) is 21.1. The Morgan fingerprint density at radius 3 is 2.60 bits per heavy atom. The number of aliphatic hydroxyl groups excluding tert-OH is 1. The van der Waals surface area contributed by atoms with Crippen LogP contribution in [0.4, 0.5) is 0 Å². The number of nitrogens with one attached hydrogen (secondary N) is 1. The number of hydrogen-bond acceptors (Lipinski definition) is 5. The van der Waals surface area contributed by atoms with E-state index in [1.807, 2.05) is 48.5 Å². The highest BCUT2D eigenvalue weighted by molar-refractivity contribution is 5.92. The van der Waals surface area contributed by atoms with Crippen molar-refractivity contribution in [3.05, 3.63) is 89.2 Å². The number of rotatable bonds is 6. The van der Waals surface area contributed by atoms with Crippen LogP contribution in [0.5, 0.6) is 0 Å². The van der Waals surface area contributed by atoms with E-state index >= 15 is 0 Å². The van der Waals surface area contributed by atoms with Crippen molar-refractivity contribution in [2.45, 2.75) is 12.7 Å². The number of aliphatic hydroxyl groups is 1. The highest BCUT2D eigenvalue weighted by Crippen LogP contribution is 2.37. The van der Waals surface area contributed by atoms with E-state index in [1.165, 1.54) is 7.11 Å². The average molecular weight is 402 g/mol. The first kappa shape index (κ1) is 19.8. The maximum atomic E-state index is 11.9. The van der Waals surface area contributed by atoms with Gasteiger partial charge in [0.15, 0.2) is 0 Å². The first-order valence-electron chi connectivity index (χ1n) is 9.54. The van der Waals surface area contributed by atoms with Gasteiger partial charge in [0.2, 0.25) is 0 Å². The number of ether oxygens (including phenoxy) is 2. The van der Waals surface area contributed by atoms with Crippen molar-refractivity contribution < 1.29 is 19.4 Å². The lowest BCUT2D eigenvalue weighted by Gasteiger charge is -2.13. The topological polar surface area (TPSA) is 84.4 Å². The van der Waals surface area contributed by atoms with Gasteiger partial charge in [-0.05, 0) is 29.3 Å². The molecule has 152 valence electrons. The summed E-state index contributed by atoms with van der Waals surface area (Å²) in [6.45, 7) is 0.496. The summed E-state index contributed by atoms with van der Waals surface area (Å²) in [4.78, 5) is 19.7. The average Bonchev–Trinajstić information content (AvgIpc) is 3.17. The molecule has 30 heavy (non-hydrogen) atoms. The van der Waals surface area contributed by atoms with Crippen molar-refractivity contribution in [3.63, 3.8) is 0 Å². The molecule has 4 rings (SSSR count). The molecule has 0 radical (unpaired) electrons. The number of H-pyrrole nitrogens is 1. The molecule has 1 atom stereocenters. The van der Waals surface area contributed by atoms with E-state index in [0.29, 0.717) is 17.9 Å². The Morgan fingerprint density at radius 2 is 1.87 bits per heavy atom. The van der Waals surface area contributed by atoms with Gasteiger partial charge in [-0.1, -0.05) is 48.5 Å². The van der Waals surface area contributed by atoms with E-state index in [1.54, 1.807) is 25.3 Å². The fraction of sp³-hybridized carbons (Fsp3) is 0.167. The van der Waals surface area contributed by atoms with E-state index in [-0.39, 0.29) is 5.69 Å². The predicted octanol–water partition coefficient (Wildman–Crippen LogP) is 4.24. The molecule has 2 aromatic carbocycles. The van der Waals surface area contributed by atoms with Gasteiger partial charge in [-0.15, -0.1) is 0 Å². The van der Waals surface area contributed by atoms with Crippen LogP contribution in [-0.4, -0.2) is 35.3 Å². The second kappa shape index (κ2) is 8.49. The van der Waals surface area contributed by atoms with Crippen LogP contribution in [0.15, 0.2) is 66.7 Å². The first-order valence-corrected chi connectivity index (χ1v) is 9.54. The van der Waals surface area contributed by atoms with Crippen molar-refractivity contribution in [2.75, 3.05) is 14.2 Å². The van der Waals surface area contributed by atoms with Gasteiger partial charge in [0.25, 0.3) is 0 Å². The Bertz CT molecular complexity index is 1180. The van der Waals surface area contributed by atoms with Gasteiger partial charge in [0.05, 0.1) is 25.1 Å². The lowest BCUT2D eigenvalue weighted by molar-refractivity contribution is 0.0593. The number of pyridine rings is 1. The monoisotopic (exact) mass is 402 g/mol. The number of carbonyl (C=O) groups excluding carboxylic acids is 1. The van der Waals surface area contributed by atoms with Gasteiger partial charge < -0.3 is 19.6 Å². The molecular weight excluding hydrogens is 380 g/mol. The second-order valence-corrected chi connectivity index (χ2v) is 6.93. The summed E-state index contributed by atoms with van der Waals surface area (Å²) in [5, 5.41) is 12.2. The molecule has 0 aliphatic carbocycles. The van der Waals surface area contributed by atoms with E-state index in [9.17, 15) is 9.90 Å². The van der Waals surface area contributed by atoms with Gasteiger partial charge in [-0.3, -0.25) is 0 Å². The molecule has 1 unspecified atom stereocenters. The number of carbonyl (C=O) groups is 1. The number of nitrogens with zero attached hydrogens (tertiary/aromatic N) is 1. The highest BCUT2D eigenvalue weighted by Gasteiger charge is 2.23. The number of benzene rings is 2. The van der Waals surface area contributed by atoms with E-state index in [0.717, 1.165) is 27.7 Å². The Hall–Kier alpha value is -3.48. The molecule has 2 N–H and O–H groups in total. The fourth-order valence-corrected chi connectivity index (χ4v) is 3.61. The smallest absolute Gasteiger partial charge is 0.356 e. The number of aromatic nitrogens is 2. The number of esters is 1. The lowest BCUT2D eigenvalue weighted by atomic mass is 9.98. The molecule has 2 heterocycles. The standard InChI is InChI=1S/C24H22N2O4/c1-29-14-15-11-12-17-20(13-15)26-22(16-7-4-3-5-8-16)21(17)23(27)18-9-6-10-19(25-18)24(28)30-2/h3-13,23,26-27H,14H2,1-2H3. The molecule has 4 aromatic rings. The van der Waals surface area contributed by atoms with Gasteiger partial charge in [-0.25, -0.2) is 9.78 Å². The minimum absolute atomic E-state index is 0.150. The third-order valence-electron chi connectivity index (χ3n) is 5.00. The van der Waals surface area contributed by atoms with E-state index in [2.05, 4.69) is 9.97 Å². The molecule has 0 spiro atoms. The molecule has 6 nitrogen and oxygen atoms in total. The summed E-state index contributed by atoms with van der Waals surface area (Å²) >= 11 is 0. The highest BCUT2D eigenvalue weighted by atomic mass is 16.5. The Labute approximate surface area is 174 Å². The summed E-state index contributed by atoms with van der Waals surface area (Å²) in [5.41, 5.74) is 4.89. The SMILES string of the molecule is COCc1ccc2c(C(O)c3cccc(C(=O)OC)n3)c(-c3ccccc3)[nH]c2c1. The van der Waals surface area contributed by atoms with Crippen LogP contribution in [0, 0.1) is 0 Å². The van der Waals surface area contributed by atoms with Crippen LogP contribution in [0.2, 0.25) is 0 Å². The third kappa shape index (κ3) is 3.70. The van der Waals surface area contributed by atoms with Crippen LogP contribution in [0.3, 0.4) is 0 Å². The maximum Gasteiger partial charge on any atom is 0.356 e. The van der Waals surface area contributed by atoms with Crippen LogP contribution in [0.1, 0.15) is 33.4 Å². The zero-order valence-corrected chi connectivity index (χ0v) is 16.8. The maximum absolute atomic E-state index is 11.9. The number of aromatic amines is 1. The Balaban J connectivity index is 1.89. The van der Waals surface area contributed by atoms with Gasteiger partial charge in [0.1, 0.15) is 11.8 Å². The largest absolute Gasteiger partial charge is 0.464 e. The number of hydrogen-bond donors (Lipinski definition) is 2. The van der Waals surface area contributed by atoms with Crippen LogP contribution >= 0.6 is 0 Å². The van der Waals surface area contributed by atoms with Crippen molar-refractivity contribution in [1.82, 2.24) is 9.97 Å². The molecule has 0 aliphatic heterocycles. The van der Waals surface area contributed by atoms with Crippen LogP contribution in [-0.2, 0) is 16.1 Å². The number of methoxy groups -OCH3 is 2. The molecule has 6 heteroatoms. The minimum atomic E-state index is -1.04. The predicted molar refractivity (Wildman–Crippen MR) is 114 cm³/mol. The van der Waals surface area contributed by atoms with Crippen molar-refractivity contribution in [1.29, 1.82) is 0 Å². The van der Waals surface area contributed by atoms with E-state index in [4.69, 9.17) is 9.47 Å². The van der Waals surface area contributed by atoms with Crippen molar-refractivity contribution >= 4 is 16.9 Å². The molecule has 2 aromatic heterocycles. The Morgan fingerprint density at radius 1 is 1.07 bits per heavy atom. The fourth-order valence-electron chi connectivity index (χ4n) is 3.61. The molecule has 0 bridgehead atoms. The summed E-state index contributed by atoms with van der Waals surface area (Å²) in [7, 11) is 2.96. The molecule has 0 fully saturated rings. The zero-order valence-electron chi connectivity index (χ0n) is 16.8. The van der Waals surface area contributed by atoms with Crippen LogP contribution in [0.25, 0.3) is 22.2 Å². The van der Waals surface area contributed by atoms with Crippen molar-refractivity contribution in [2.24, 2.45) is 0 Å². The molecule has 0 saturated heterocycles. The lowest BCUT2D eigenvalue weighted by Crippen LogP contribution is -2.09. The summed E-state index contributed by atoms with van der Waals surface area (Å²) in [5.74, 6) is -0.546. The van der Waals surface area contributed by atoms with Gasteiger partial charge in [0, 0.05) is 23.6 Å². The molecular formula is C24H22N2O4. The Kier molecular flexibility index (Phi) is 5.61. The minimum Gasteiger partial charge on any atom is -0.464 e.